The zero-order valence-electron chi connectivity index (χ0n) is 12.2. The van der Waals surface area contributed by atoms with Gasteiger partial charge in [-0.15, -0.1) is 0 Å². The zero-order valence-corrected chi connectivity index (χ0v) is 12.2. The number of aryl methyl sites for hydroxylation is 1. The lowest BCUT2D eigenvalue weighted by Gasteiger charge is -2.37. The summed E-state index contributed by atoms with van der Waals surface area (Å²) >= 11 is 0. The molecule has 2 heteroatoms. The minimum atomic E-state index is 0.781. The minimum absolute atomic E-state index is 0.781. The Morgan fingerprint density at radius 2 is 1.84 bits per heavy atom. The largest absolute Gasteiger partial charge is 0.311 e. The summed E-state index contributed by atoms with van der Waals surface area (Å²) in [5.41, 5.74) is 2.92. The van der Waals surface area contributed by atoms with Crippen LogP contribution in [0.2, 0.25) is 0 Å². The van der Waals surface area contributed by atoms with Crippen LogP contribution in [0.5, 0.6) is 0 Å². The van der Waals surface area contributed by atoms with Crippen LogP contribution in [0.3, 0.4) is 0 Å². The van der Waals surface area contributed by atoms with Gasteiger partial charge < -0.3 is 5.32 Å². The molecule has 1 N–H and O–H groups in total. The summed E-state index contributed by atoms with van der Waals surface area (Å²) in [6.45, 7) is 6.82. The van der Waals surface area contributed by atoms with Crippen molar-refractivity contribution >= 4 is 0 Å². The predicted molar refractivity (Wildman–Crippen MR) is 80.2 cm³/mol. The van der Waals surface area contributed by atoms with Gasteiger partial charge in [0.25, 0.3) is 0 Å². The molecule has 2 aliphatic heterocycles. The zero-order chi connectivity index (χ0) is 13.2. The molecule has 2 aliphatic rings. The normalized spacial score (nSPS) is 29.9. The van der Waals surface area contributed by atoms with Crippen molar-refractivity contribution in [1.29, 1.82) is 0 Å². The topological polar surface area (TPSA) is 15.3 Å². The molecule has 2 saturated heterocycles. The van der Waals surface area contributed by atoms with Crippen molar-refractivity contribution in [1.82, 2.24) is 10.2 Å². The molecule has 0 radical (unpaired) electrons. The third-order valence-electron chi connectivity index (χ3n) is 5.01. The molecule has 2 atom stereocenters. The maximum absolute atomic E-state index is 3.75. The molecule has 2 bridgehead atoms. The van der Waals surface area contributed by atoms with Crippen LogP contribution in [0.1, 0.15) is 43.7 Å². The highest BCUT2D eigenvalue weighted by Gasteiger charge is 2.35. The van der Waals surface area contributed by atoms with Gasteiger partial charge in [-0.25, -0.2) is 0 Å². The van der Waals surface area contributed by atoms with Gasteiger partial charge in [-0.3, -0.25) is 4.90 Å². The Morgan fingerprint density at radius 3 is 2.47 bits per heavy atom. The molecule has 0 aliphatic carbocycles. The van der Waals surface area contributed by atoms with Crippen molar-refractivity contribution in [2.75, 3.05) is 6.54 Å². The first-order valence-electron chi connectivity index (χ1n) is 7.81. The molecule has 2 nitrogen and oxygen atoms in total. The molecule has 0 amide bonds. The maximum Gasteiger partial charge on any atom is 0.0239 e. The summed E-state index contributed by atoms with van der Waals surface area (Å²) in [4.78, 5) is 2.69. The van der Waals surface area contributed by atoms with Gasteiger partial charge in [-0.2, -0.15) is 0 Å². The second kappa shape index (κ2) is 5.64. The van der Waals surface area contributed by atoms with Crippen LogP contribution in [0.4, 0.5) is 0 Å². The Labute approximate surface area is 117 Å². The summed E-state index contributed by atoms with van der Waals surface area (Å²) in [6, 6.07) is 11.2. The summed E-state index contributed by atoms with van der Waals surface area (Å²) in [7, 11) is 0. The number of piperidine rings is 1. The quantitative estimate of drug-likeness (QED) is 0.893. The molecule has 1 aromatic carbocycles. The number of hydrogen-bond acceptors (Lipinski definition) is 2. The van der Waals surface area contributed by atoms with Gasteiger partial charge in [0.2, 0.25) is 0 Å². The van der Waals surface area contributed by atoms with Gasteiger partial charge in [0, 0.05) is 24.7 Å². The second-order valence-electron chi connectivity index (χ2n) is 6.25. The van der Waals surface area contributed by atoms with Crippen LogP contribution >= 0.6 is 0 Å². The first-order chi connectivity index (χ1) is 9.26. The van der Waals surface area contributed by atoms with E-state index in [0.717, 1.165) is 24.7 Å². The van der Waals surface area contributed by atoms with E-state index >= 15 is 0 Å². The average Bonchev–Trinajstić information content (AvgIpc) is 2.76. The van der Waals surface area contributed by atoms with E-state index in [9.17, 15) is 0 Å². The van der Waals surface area contributed by atoms with Crippen molar-refractivity contribution in [3.05, 3.63) is 35.4 Å². The highest BCUT2D eigenvalue weighted by Crippen LogP contribution is 2.30. The molecule has 0 saturated carbocycles. The number of benzene rings is 1. The van der Waals surface area contributed by atoms with Crippen LogP contribution in [-0.2, 0) is 6.54 Å². The van der Waals surface area contributed by atoms with Gasteiger partial charge in [0.15, 0.2) is 0 Å². The highest BCUT2D eigenvalue weighted by molar-refractivity contribution is 5.25. The van der Waals surface area contributed by atoms with Gasteiger partial charge in [0.1, 0.15) is 0 Å². The lowest BCUT2D eigenvalue weighted by atomic mass is 9.97. The molecule has 1 aromatic rings. The third-order valence-corrected chi connectivity index (χ3v) is 5.01. The van der Waals surface area contributed by atoms with E-state index in [-0.39, 0.29) is 0 Å². The lowest BCUT2D eigenvalue weighted by Crippen LogP contribution is -2.48. The van der Waals surface area contributed by atoms with E-state index in [1.165, 1.54) is 43.4 Å². The fourth-order valence-corrected chi connectivity index (χ4v) is 3.83. The summed E-state index contributed by atoms with van der Waals surface area (Å²) in [5, 5.41) is 3.75. The van der Waals surface area contributed by atoms with Gasteiger partial charge in [-0.1, -0.05) is 31.2 Å². The SMILES string of the molecule is CCN(Cc1ccccc1C)C1CC2CCC(C1)N2. The van der Waals surface area contributed by atoms with Crippen molar-refractivity contribution in [3.8, 4) is 0 Å². The number of fused-ring (bicyclic) bond motifs is 2. The monoisotopic (exact) mass is 258 g/mol. The van der Waals surface area contributed by atoms with Crippen LogP contribution < -0.4 is 5.32 Å². The summed E-state index contributed by atoms with van der Waals surface area (Å²) in [5.74, 6) is 0. The van der Waals surface area contributed by atoms with Crippen LogP contribution in [0.25, 0.3) is 0 Å². The maximum atomic E-state index is 3.75. The number of nitrogens with one attached hydrogen (secondary N) is 1. The molecule has 3 rings (SSSR count). The van der Waals surface area contributed by atoms with Crippen molar-refractivity contribution in [3.63, 3.8) is 0 Å². The second-order valence-corrected chi connectivity index (χ2v) is 6.25. The third kappa shape index (κ3) is 2.85. The fourth-order valence-electron chi connectivity index (χ4n) is 3.83. The number of hydrogen-bond donors (Lipinski definition) is 1. The van der Waals surface area contributed by atoms with Crippen LogP contribution in [0.15, 0.2) is 24.3 Å². The Hall–Kier alpha value is -0.860. The molecule has 2 unspecified atom stereocenters. The Kier molecular flexibility index (Phi) is 3.90. The average molecular weight is 258 g/mol. The number of nitrogens with zero attached hydrogens (tertiary/aromatic N) is 1. The minimum Gasteiger partial charge on any atom is -0.311 e. The smallest absolute Gasteiger partial charge is 0.0239 e. The molecule has 2 fully saturated rings. The van der Waals surface area contributed by atoms with Gasteiger partial charge >= 0.3 is 0 Å². The van der Waals surface area contributed by atoms with Crippen LogP contribution in [-0.4, -0.2) is 29.6 Å². The molecule has 0 aromatic heterocycles. The molecule has 0 spiro atoms. The van der Waals surface area contributed by atoms with E-state index in [2.05, 4.69) is 48.3 Å². The lowest BCUT2D eigenvalue weighted by molar-refractivity contribution is 0.140. The van der Waals surface area contributed by atoms with Crippen molar-refractivity contribution < 1.29 is 0 Å². The first-order valence-corrected chi connectivity index (χ1v) is 7.81. The van der Waals surface area contributed by atoms with Crippen LogP contribution in [0, 0.1) is 6.92 Å². The van der Waals surface area contributed by atoms with Crippen molar-refractivity contribution in [2.24, 2.45) is 0 Å². The molecular weight excluding hydrogens is 232 g/mol. The van der Waals surface area contributed by atoms with E-state index < -0.39 is 0 Å². The molecule has 19 heavy (non-hydrogen) atoms. The van der Waals surface area contributed by atoms with E-state index in [0.29, 0.717) is 0 Å². The Morgan fingerprint density at radius 1 is 1.16 bits per heavy atom. The van der Waals surface area contributed by atoms with Gasteiger partial charge in [-0.05, 0) is 50.3 Å². The van der Waals surface area contributed by atoms with E-state index in [1.807, 2.05) is 0 Å². The standard InChI is InChI=1S/C17H26N2/c1-3-19(12-14-7-5-4-6-13(14)2)17-10-15-8-9-16(11-17)18-15/h4-7,15-18H,3,8-12H2,1-2H3. The Balaban J connectivity index is 1.69. The summed E-state index contributed by atoms with van der Waals surface area (Å²) < 4.78 is 0. The molecular formula is C17H26N2. The molecule has 2 heterocycles. The van der Waals surface area contributed by atoms with E-state index in [1.54, 1.807) is 0 Å². The Bertz CT molecular complexity index is 417. The van der Waals surface area contributed by atoms with E-state index in [4.69, 9.17) is 0 Å². The first kappa shape index (κ1) is 13.1. The fraction of sp³-hybridized carbons (Fsp3) is 0.647. The summed E-state index contributed by atoms with van der Waals surface area (Å²) in [6.07, 6.45) is 5.47. The number of rotatable bonds is 4. The highest BCUT2D eigenvalue weighted by atomic mass is 15.2. The van der Waals surface area contributed by atoms with Gasteiger partial charge in [0.05, 0.1) is 0 Å². The predicted octanol–water partition coefficient (Wildman–Crippen LogP) is 3.10. The van der Waals surface area contributed by atoms with Crippen molar-refractivity contribution in [2.45, 2.75) is 64.2 Å². The molecule has 104 valence electrons.